The molecule has 0 radical (unpaired) electrons. The topological polar surface area (TPSA) is 24.4 Å². The zero-order valence-corrected chi connectivity index (χ0v) is 22.9. The third-order valence-electron chi connectivity index (χ3n) is 7.68. The first-order valence-electron chi connectivity index (χ1n) is 14.0. The molecule has 0 aromatic heterocycles. The molecule has 4 rings (SSSR count). The van der Waals surface area contributed by atoms with E-state index in [2.05, 4.69) is 62.8 Å². The Morgan fingerprint density at radius 1 is 1.08 bits per heavy atom. The first kappa shape index (κ1) is 27.9. The van der Waals surface area contributed by atoms with Crippen molar-refractivity contribution in [2.75, 3.05) is 13.1 Å². The van der Waals surface area contributed by atoms with Gasteiger partial charge >= 0.3 is 0 Å². The number of aliphatic imine (C=N–C) groups is 1. The SMILES string of the molecule is C=C/C(C)=c1/c(CCc2c(F)cccc2C2=NCCN2)c(C)cc/c1=C/CC.CCC1CCCCC1. The van der Waals surface area contributed by atoms with E-state index in [1.807, 2.05) is 12.1 Å². The molecule has 1 heterocycles. The number of nitrogens with zero attached hydrogens (tertiary/aromatic N) is 1. The first-order chi connectivity index (χ1) is 17.5. The van der Waals surface area contributed by atoms with E-state index in [9.17, 15) is 4.39 Å². The van der Waals surface area contributed by atoms with Gasteiger partial charge in [-0.25, -0.2) is 4.39 Å². The van der Waals surface area contributed by atoms with Crippen molar-refractivity contribution < 1.29 is 4.39 Å². The zero-order valence-electron chi connectivity index (χ0n) is 22.9. The molecule has 0 amide bonds. The van der Waals surface area contributed by atoms with Gasteiger partial charge in [0.2, 0.25) is 0 Å². The second kappa shape index (κ2) is 14.2. The molecule has 36 heavy (non-hydrogen) atoms. The van der Waals surface area contributed by atoms with E-state index in [4.69, 9.17) is 0 Å². The molecule has 2 aliphatic rings. The lowest BCUT2D eigenvalue weighted by molar-refractivity contribution is 0.349. The molecule has 0 bridgehead atoms. The van der Waals surface area contributed by atoms with Crippen LogP contribution in [0.3, 0.4) is 0 Å². The van der Waals surface area contributed by atoms with E-state index >= 15 is 0 Å². The first-order valence-corrected chi connectivity index (χ1v) is 14.0. The molecule has 1 fully saturated rings. The van der Waals surface area contributed by atoms with Crippen LogP contribution in [0.1, 0.15) is 88.0 Å². The van der Waals surface area contributed by atoms with Crippen LogP contribution in [0, 0.1) is 18.7 Å². The van der Waals surface area contributed by atoms with Gasteiger partial charge in [0.05, 0.1) is 6.54 Å². The summed E-state index contributed by atoms with van der Waals surface area (Å²) in [7, 11) is 0. The number of nitrogens with one attached hydrogen (secondary N) is 1. The molecule has 1 aliphatic carbocycles. The quantitative estimate of drug-likeness (QED) is 0.456. The largest absolute Gasteiger partial charge is 0.368 e. The average Bonchev–Trinajstić information content (AvgIpc) is 3.45. The standard InChI is InChI=1S/C25H29FN2.C8H16/c1-5-8-19-12-11-18(4)20(24(19)17(3)6-2)13-14-21-22(9-7-10-23(21)26)25-27-15-16-28-25;1-2-8-6-4-3-5-7-8/h6-12H,2,5,13-16H2,1,3-4H3,(H,27,28);8H,2-7H2,1H3/b19-8-,24-17+;. The number of hydrogen-bond donors (Lipinski definition) is 1. The number of hydrogen-bond acceptors (Lipinski definition) is 2. The van der Waals surface area contributed by atoms with Crippen molar-refractivity contribution in [1.82, 2.24) is 5.32 Å². The molecule has 0 spiro atoms. The van der Waals surface area contributed by atoms with Crippen LogP contribution in [0.2, 0.25) is 0 Å². The van der Waals surface area contributed by atoms with Gasteiger partial charge < -0.3 is 5.32 Å². The van der Waals surface area contributed by atoms with Crippen molar-refractivity contribution in [1.29, 1.82) is 0 Å². The Kier molecular flexibility index (Phi) is 11.0. The zero-order chi connectivity index (χ0) is 25.9. The fourth-order valence-corrected chi connectivity index (χ4v) is 5.51. The monoisotopic (exact) mass is 488 g/mol. The second-order valence-corrected chi connectivity index (χ2v) is 10.2. The molecular formula is C33H45FN2. The molecule has 2 aromatic rings. The fraction of sp³-hybridized carbons (Fsp3) is 0.485. The minimum atomic E-state index is -0.159. The number of rotatable bonds is 7. The van der Waals surface area contributed by atoms with Crippen LogP contribution in [0.4, 0.5) is 4.39 Å². The van der Waals surface area contributed by atoms with E-state index in [1.54, 1.807) is 12.1 Å². The summed E-state index contributed by atoms with van der Waals surface area (Å²) in [5, 5.41) is 5.75. The van der Waals surface area contributed by atoms with Gasteiger partial charge in [0.25, 0.3) is 0 Å². The van der Waals surface area contributed by atoms with Crippen LogP contribution in [0.15, 0.2) is 48.0 Å². The Morgan fingerprint density at radius 2 is 1.83 bits per heavy atom. The summed E-state index contributed by atoms with van der Waals surface area (Å²) in [6, 6.07) is 9.62. The maximum atomic E-state index is 14.7. The van der Waals surface area contributed by atoms with Gasteiger partial charge in [0, 0.05) is 12.1 Å². The summed E-state index contributed by atoms with van der Waals surface area (Å²) in [6.45, 7) is 14.2. The minimum Gasteiger partial charge on any atom is -0.368 e. The molecule has 1 N–H and O–H groups in total. The third kappa shape index (κ3) is 7.18. The van der Waals surface area contributed by atoms with Crippen LogP contribution < -0.4 is 15.8 Å². The van der Waals surface area contributed by atoms with E-state index in [0.29, 0.717) is 6.42 Å². The van der Waals surface area contributed by atoms with Crippen LogP contribution in [-0.4, -0.2) is 18.9 Å². The fourth-order valence-electron chi connectivity index (χ4n) is 5.51. The normalized spacial score (nSPS) is 17.1. The summed E-state index contributed by atoms with van der Waals surface area (Å²) >= 11 is 0. The van der Waals surface area contributed by atoms with Gasteiger partial charge in [-0.2, -0.15) is 0 Å². The minimum absolute atomic E-state index is 0.159. The molecular weight excluding hydrogens is 443 g/mol. The predicted octanol–water partition coefficient (Wildman–Crippen LogP) is 6.79. The maximum Gasteiger partial charge on any atom is 0.128 e. The van der Waals surface area contributed by atoms with Crippen LogP contribution in [0.25, 0.3) is 11.6 Å². The smallest absolute Gasteiger partial charge is 0.128 e. The highest BCUT2D eigenvalue weighted by Gasteiger charge is 2.16. The van der Waals surface area contributed by atoms with E-state index in [0.717, 1.165) is 54.4 Å². The maximum absolute atomic E-state index is 14.7. The second-order valence-electron chi connectivity index (χ2n) is 10.2. The van der Waals surface area contributed by atoms with Gasteiger partial charge in [0.15, 0.2) is 0 Å². The lowest BCUT2D eigenvalue weighted by Gasteiger charge is -2.18. The molecule has 2 aromatic carbocycles. The van der Waals surface area contributed by atoms with Crippen molar-refractivity contribution in [2.45, 2.75) is 85.5 Å². The lowest BCUT2D eigenvalue weighted by atomic mass is 9.88. The Balaban J connectivity index is 0.000000383. The van der Waals surface area contributed by atoms with E-state index in [-0.39, 0.29) is 5.82 Å². The average molecular weight is 489 g/mol. The molecule has 2 nitrogen and oxygen atoms in total. The van der Waals surface area contributed by atoms with Gasteiger partial charge in [-0.1, -0.05) is 95.4 Å². The van der Waals surface area contributed by atoms with Crippen molar-refractivity contribution >= 4 is 17.5 Å². The number of allylic oxidation sites excluding steroid dienone is 1. The molecule has 0 saturated heterocycles. The highest BCUT2D eigenvalue weighted by atomic mass is 19.1. The van der Waals surface area contributed by atoms with Gasteiger partial charge in [0.1, 0.15) is 11.7 Å². The van der Waals surface area contributed by atoms with Gasteiger partial charge in [-0.3, -0.25) is 4.99 Å². The van der Waals surface area contributed by atoms with Crippen LogP contribution in [-0.2, 0) is 12.8 Å². The van der Waals surface area contributed by atoms with E-state index in [1.165, 1.54) is 60.1 Å². The number of aryl methyl sites for hydroxylation is 1. The molecule has 0 unspecified atom stereocenters. The van der Waals surface area contributed by atoms with Crippen molar-refractivity contribution in [3.8, 4) is 0 Å². The molecule has 3 heteroatoms. The summed E-state index contributed by atoms with van der Waals surface area (Å²) in [6.07, 6.45) is 15.5. The highest BCUT2D eigenvalue weighted by Crippen LogP contribution is 2.25. The lowest BCUT2D eigenvalue weighted by Crippen LogP contribution is -2.31. The van der Waals surface area contributed by atoms with Crippen molar-refractivity contribution in [2.24, 2.45) is 10.9 Å². The summed E-state index contributed by atoms with van der Waals surface area (Å²) in [5.74, 6) is 1.74. The Morgan fingerprint density at radius 3 is 2.44 bits per heavy atom. The van der Waals surface area contributed by atoms with Gasteiger partial charge in [-0.05, 0) is 77.8 Å². The Bertz CT molecular complexity index is 1170. The molecule has 194 valence electrons. The van der Waals surface area contributed by atoms with E-state index < -0.39 is 0 Å². The van der Waals surface area contributed by atoms with Gasteiger partial charge in [-0.15, -0.1) is 0 Å². The third-order valence-corrected chi connectivity index (χ3v) is 7.68. The summed E-state index contributed by atoms with van der Waals surface area (Å²) < 4.78 is 14.7. The Hall–Kier alpha value is -2.68. The van der Waals surface area contributed by atoms with Crippen molar-refractivity contribution in [3.63, 3.8) is 0 Å². The summed E-state index contributed by atoms with van der Waals surface area (Å²) in [4.78, 5) is 4.49. The Labute approximate surface area is 218 Å². The highest BCUT2D eigenvalue weighted by molar-refractivity contribution is 6.01. The van der Waals surface area contributed by atoms with Crippen LogP contribution in [0.5, 0.6) is 0 Å². The van der Waals surface area contributed by atoms with Crippen molar-refractivity contribution in [3.05, 3.63) is 81.5 Å². The molecule has 0 atom stereocenters. The molecule has 1 aliphatic heterocycles. The van der Waals surface area contributed by atoms with Crippen LogP contribution >= 0.6 is 0 Å². The molecule has 1 saturated carbocycles. The summed E-state index contributed by atoms with van der Waals surface area (Å²) in [5.41, 5.74) is 5.29. The number of amidine groups is 1. The number of halogens is 1. The number of benzene rings is 2. The predicted molar refractivity (Wildman–Crippen MR) is 155 cm³/mol.